The Morgan fingerprint density at radius 2 is 1.67 bits per heavy atom. The van der Waals surface area contributed by atoms with E-state index in [9.17, 15) is 9.59 Å². The van der Waals surface area contributed by atoms with E-state index in [2.05, 4.69) is 6.07 Å². The van der Waals surface area contributed by atoms with Crippen LogP contribution in [0.25, 0.3) is 0 Å². The number of nitrogens with zero attached hydrogens (tertiary/aromatic N) is 2. The maximum absolute atomic E-state index is 12.8. The van der Waals surface area contributed by atoms with Crippen LogP contribution in [0, 0.1) is 5.92 Å². The predicted molar refractivity (Wildman–Crippen MR) is 114 cm³/mol. The minimum atomic E-state index is 0.188. The third kappa shape index (κ3) is 5.54. The molecule has 0 bridgehead atoms. The van der Waals surface area contributed by atoms with Crippen molar-refractivity contribution in [3.05, 3.63) is 29.3 Å². The van der Waals surface area contributed by atoms with E-state index < -0.39 is 0 Å². The quantitative estimate of drug-likeness (QED) is 0.717. The fourth-order valence-corrected chi connectivity index (χ4v) is 4.82. The normalized spacial score (nSPS) is 19.9. The summed E-state index contributed by atoms with van der Waals surface area (Å²) in [6.45, 7) is 4.42. The first kappa shape index (κ1) is 21.2. The van der Waals surface area contributed by atoms with Gasteiger partial charge in [-0.25, -0.2) is 0 Å². The van der Waals surface area contributed by atoms with Gasteiger partial charge < -0.3 is 19.3 Å². The van der Waals surface area contributed by atoms with Gasteiger partial charge in [-0.3, -0.25) is 9.59 Å². The number of benzene rings is 1. The highest BCUT2D eigenvalue weighted by molar-refractivity contribution is 5.77. The molecule has 1 aromatic carbocycles. The van der Waals surface area contributed by atoms with E-state index >= 15 is 0 Å². The molecule has 2 fully saturated rings. The van der Waals surface area contributed by atoms with Crippen molar-refractivity contribution in [3.8, 4) is 5.75 Å². The number of amides is 2. The molecule has 0 N–H and O–H groups in total. The van der Waals surface area contributed by atoms with Crippen LogP contribution < -0.4 is 4.74 Å². The molecular formula is C24H34N2O4. The van der Waals surface area contributed by atoms with E-state index in [1.54, 1.807) is 0 Å². The molecule has 1 aliphatic carbocycles. The molecule has 30 heavy (non-hydrogen) atoms. The van der Waals surface area contributed by atoms with Crippen molar-refractivity contribution in [2.45, 2.75) is 57.9 Å². The van der Waals surface area contributed by atoms with Crippen molar-refractivity contribution >= 4 is 11.8 Å². The minimum absolute atomic E-state index is 0.188. The van der Waals surface area contributed by atoms with Gasteiger partial charge in [0.2, 0.25) is 11.8 Å². The highest BCUT2D eigenvalue weighted by Crippen LogP contribution is 2.30. The molecule has 4 rings (SSSR count). The second kappa shape index (κ2) is 10.3. The van der Waals surface area contributed by atoms with Crippen molar-refractivity contribution in [2.75, 3.05) is 39.5 Å². The van der Waals surface area contributed by atoms with E-state index in [0.29, 0.717) is 65.3 Å². The van der Waals surface area contributed by atoms with Crippen LogP contribution in [-0.4, -0.2) is 61.1 Å². The fraction of sp³-hybridized carbons (Fsp3) is 0.667. The lowest BCUT2D eigenvalue weighted by molar-refractivity contribution is -0.135. The molecule has 0 atom stereocenters. The Morgan fingerprint density at radius 3 is 2.47 bits per heavy atom. The molecule has 2 aliphatic heterocycles. The Balaban J connectivity index is 1.32. The van der Waals surface area contributed by atoms with Crippen LogP contribution >= 0.6 is 0 Å². The van der Waals surface area contributed by atoms with Crippen LogP contribution in [0.1, 0.15) is 56.1 Å². The number of hydrogen-bond donors (Lipinski definition) is 0. The Bertz CT molecular complexity index is 739. The van der Waals surface area contributed by atoms with Gasteiger partial charge >= 0.3 is 0 Å². The number of carbonyl (C=O) groups is 2. The number of rotatable bonds is 6. The molecule has 6 nitrogen and oxygen atoms in total. The second-order valence-corrected chi connectivity index (χ2v) is 8.79. The van der Waals surface area contributed by atoms with Crippen LogP contribution in [0.3, 0.4) is 0 Å². The fourth-order valence-electron chi connectivity index (χ4n) is 4.82. The minimum Gasteiger partial charge on any atom is -0.491 e. The Kier molecular flexibility index (Phi) is 7.26. The summed E-state index contributed by atoms with van der Waals surface area (Å²) in [5.41, 5.74) is 2.18. The Hall–Kier alpha value is -2.08. The lowest BCUT2D eigenvalue weighted by atomic mass is 10.0. The first-order chi connectivity index (χ1) is 14.7. The Morgan fingerprint density at radius 1 is 0.933 bits per heavy atom. The average molecular weight is 415 g/mol. The summed E-state index contributed by atoms with van der Waals surface area (Å²) in [6, 6.07) is 6.16. The van der Waals surface area contributed by atoms with Gasteiger partial charge in [-0.05, 0) is 30.4 Å². The average Bonchev–Trinajstić information content (AvgIpc) is 3.21. The molecule has 0 aromatic heterocycles. The van der Waals surface area contributed by atoms with Crippen molar-refractivity contribution in [2.24, 2.45) is 5.92 Å². The standard InChI is InChI=1S/C24H34N2O4/c27-23(25-11-14-29-15-12-25)10-7-20-5-8-22-21(17-20)18-26(13-16-30-22)24(28)9-6-19-3-1-2-4-19/h5,8,17,19H,1-4,6-7,9-16,18H2. The highest BCUT2D eigenvalue weighted by Gasteiger charge is 2.23. The maximum Gasteiger partial charge on any atom is 0.223 e. The molecule has 1 aromatic rings. The third-order valence-electron chi connectivity index (χ3n) is 6.69. The molecular weight excluding hydrogens is 380 g/mol. The van der Waals surface area contributed by atoms with E-state index in [4.69, 9.17) is 9.47 Å². The van der Waals surface area contributed by atoms with Crippen LogP contribution in [0.5, 0.6) is 5.75 Å². The third-order valence-corrected chi connectivity index (χ3v) is 6.69. The summed E-state index contributed by atoms with van der Waals surface area (Å²) >= 11 is 0. The maximum atomic E-state index is 12.8. The lowest BCUT2D eigenvalue weighted by Gasteiger charge is -2.26. The molecule has 2 amide bonds. The summed E-state index contributed by atoms with van der Waals surface area (Å²) in [7, 11) is 0. The van der Waals surface area contributed by atoms with Crippen molar-refractivity contribution in [1.29, 1.82) is 0 Å². The largest absolute Gasteiger partial charge is 0.491 e. The molecule has 6 heteroatoms. The van der Waals surface area contributed by atoms with Gasteiger partial charge in [0.15, 0.2) is 0 Å². The molecule has 164 valence electrons. The van der Waals surface area contributed by atoms with Gasteiger partial charge in [0.05, 0.1) is 19.8 Å². The van der Waals surface area contributed by atoms with Crippen molar-refractivity contribution < 1.29 is 19.1 Å². The zero-order valence-corrected chi connectivity index (χ0v) is 17.9. The molecule has 0 unspecified atom stereocenters. The summed E-state index contributed by atoms with van der Waals surface area (Å²) < 4.78 is 11.2. The van der Waals surface area contributed by atoms with Gasteiger partial charge in [-0.15, -0.1) is 0 Å². The smallest absolute Gasteiger partial charge is 0.223 e. The van der Waals surface area contributed by atoms with Gasteiger partial charge in [-0.1, -0.05) is 37.8 Å². The predicted octanol–water partition coefficient (Wildman–Crippen LogP) is 3.17. The first-order valence-corrected chi connectivity index (χ1v) is 11.6. The topological polar surface area (TPSA) is 59.1 Å². The van der Waals surface area contributed by atoms with Gasteiger partial charge in [-0.2, -0.15) is 0 Å². The summed E-state index contributed by atoms with van der Waals surface area (Å²) in [6.07, 6.45) is 8.09. The molecule has 0 radical (unpaired) electrons. The molecule has 0 spiro atoms. The number of carbonyl (C=O) groups excluding carboxylic acids is 2. The number of morpholine rings is 1. The molecule has 1 saturated carbocycles. The zero-order chi connectivity index (χ0) is 20.8. The first-order valence-electron chi connectivity index (χ1n) is 11.6. The monoisotopic (exact) mass is 414 g/mol. The highest BCUT2D eigenvalue weighted by atomic mass is 16.5. The lowest BCUT2D eigenvalue weighted by Crippen LogP contribution is -2.40. The van der Waals surface area contributed by atoms with Crippen molar-refractivity contribution in [1.82, 2.24) is 9.80 Å². The number of fused-ring (bicyclic) bond motifs is 1. The number of aryl methyl sites for hydroxylation is 1. The summed E-state index contributed by atoms with van der Waals surface area (Å²) in [5, 5.41) is 0. The SMILES string of the molecule is O=C(CCc1ccc2c(c1)CN(C(=O)CCC1CCCC1)CCO2)N1CCOCC1. The molecule has 3 aliphatic rings. The Labute approximate surface area is 179 Å². The number of hydrogen-bond acceptors (Lipinski definition) is 4. The van der Waals surface area contributed by atoms with Crippen LogP contribution in [0.15, 0.2) is 18.2 Å². The zero-order valence-electron chi connectivity index (χ0n) is 17.9. The summed E-state index contributed by atoms with van der Waals surface area (Å²) in [5.74, 6) is 2.03. The second-order valence-electron chi connectivity index (χ2n) is 8.79. The molecule has 1 saturated heterocycles. The van der Waals surface area contributed by atoms with E-state index in [0.717, 1.165) is 29.2 Å². The van der Waals surface area contributed by atoms with Gasteiger partial charge in [0.25, 0.3) is 0 Å². The van der Waals surface area contributed by atoms with E-state index in [1.807, 2.05) is 21.9 Å². The van der Waals surface area contributed by atoms with Gasteiger partial charge in [0.1, 0.15) is 12.4 Å². The molecule has 2 heterocycles. The van der Waals surface area contributed by atoms with Crippen LogP contribution in [0.2, 0.25) is 0 Å². The summed E-state index contributed by atoms with van der Waals surface area (Å²) in [4.78, 5) is 29.1. The van der Waals surface area contributed by atoms with E-state index in [-0.39, 0.29) is 11.8 Å². The van der Waals surface area contributed by atoms with Crippen LogP contribution in [-0.2, 0) is 27.3 Å². The van der Waals surface area contributed by atoms with Crippen molar-refractivity contribution in [3.63, 3.8) is 0 Å². The van der Waals surface area contributed by atoms with Crippen LogP contribution in [0.4, 0.5) is 0 Å². The van der Waals surface area contributed by atoms with E-state index in [1.165, 1.54) is 25.7 Å². The number of ether oxygens (including phenoxy) is 2. The van der Waals surface area contributed by atoms with Gasteiger partial charge in [0, 0.05) is 38.0 Å².